The van der Waals surface area contributed by atoms with Crippen molar-refractivity contribution in [2.45, 2.75) is 59.5 Å². The Morgan fingerprint density at radius 2 is 1.96 bits per heavy atom. The third kappa shape index (κ3) is 2.60. The maximum atomic E-state index is 13.1. The third-order valence-electron chi connectivity index (χ3n) is 5.78. The Hall–Kier alpha value is -1.57. The van der Waals surface area contributed by atoms with Crippen LogP contribution in [0.5, 0.6) is 0 Å². The lowest BCUT2D eigenvalue weighted by molar-refractivity contribution is -0.143. The van der Waals surface area contributed by atoms with Crippen molar-refractivity contribution in [3.63, 3.8) is 0 Å². The molecule has 1 aliphatic heterocycles. The maximum Gasteiger partial charge on any atom is 0.435 e. The average Bonchev–Trinajstić information content (AvgIpc) is 2.76. The summed E-state index contributed by atoms with van der Waals surface area (Å²) in [6.45, 7) is 8.26. The van der Waals surface area contributed by atoms with E-state index >= 15 is 0 Å². The van der Waals surface area contributed by atoms with Gasteiger partial charge in [-0.2, -0.15) is 18.3 Å². The van der Waals surface area contributed by atoms with Crippen LogP contribution in [0.2, 0.25) is 0 Å². The zero-order valence-electron chi connectivity index (χ0n) is 14.3. The molecule has 0 saturated heterocycles. The number of alkyl halides is 3. The van der Waals surface area contributed by atoms with E-state index in [4.69, 9.17) is 4.74 Å². The molecule has 1 aromatic rings. The molecule has 1 aliphatic carbocycles. The number of ether oxygens (including phenoxy) is 1. The molecule has 5 nitrogen and oxygen atoms in total. The molecule has 3 rings (SSSR count). The molecule has 2 aliphatic rings. The molecule has 1 amide bonds. The Balaban J connectivity index is 1.78. The van der Waals surface area contributed by atoms with E-state index in [0.717, 1.165) is 0 Å². The lowest BCUT2D eigenvalue weighted by Crippen LogP contribution is -2.33. The standard InChI is InChI=1S/C16H22F3N3O2/c1-14(2)13(15(14,3)4)20-11(23)7-22-10-5-6-24-8-9(10)12(21-22)16(17,18)19/h13H,5-8H2,1-4H3,(H,20,23). The molecule has 0 aromatic carbocycles. The minimum Gasteiger partial charge on any atom is -0.376 e. The number of halogens is 3. The molecule has 134 valence electrons. The third-order valence-corrected chi connectivity index (χ3v) is 5.78. The fourth-order valence-corrected chi connectivity index (χ4v) is 3.57. The summed E-state index contributed by atoms with van der Waals surface area (Å²) < 4.78 is 45.7. The van der Waals surface area contributed by atoms with E-state index in [0.29, 0.717) is 18.7 Å². The lowest BCUT2D eigenvalue weighted by Gasteiger charge is -2.15. The van der Waals surface area contributed by atoms with Gasteiger partial charge in [-0.25, -0.2) is 0 Å². The average molecular weight is 345 g/mol. The Morgan fingerprint density at radius 3 is 2.50 bits per heavy atom. The van der Waals surface area contributed by atoms with Crippen molar-refractivity contribution in [2.75, 3.05) is 6.61 Å². The normalized spacial score (nSPS) is 22.1. The number of aromatic nitrogens is 2. The highest BCUT2D eigenvalue weighted by atomic mass is 19.4. The maximum absolute atomic E-state index is 13.1. The first-order valence-electron chi connectivity index (χ1n) is 7.99. The summed E-state index contributed by atoms with van der Waals surface area (Å²) in [5.74, 6) is -0.316. The van der Waals surface area contributed by atoms with Gasteiger partial charge in [0.25, 0.3) is 0 Å². The van der Waals surface area contributed by atoms with Crippen LogP contribution >= 0.6 is 0 Å². The summed E-state index contributed by atoms with van der Waals surface area (Å²) in [7, 11) is 0. The van der Waals surface area contributed by atoms with E-state index in [2.05, 4.69) is 38.1 Å². The van der Waals surface area contributed by atoms with Crippen molar-refractivity contribution in [2.24, 2.45) is 10.8 Å². The highest BCUT2D eigenvalue weighted by Crippen LogP contribution is 2.62. The molecular formula is C16H22F3N3O2. The quantitative estimate of drug-likeness (QED) is 0.916. The molecule has 0 unspecified atom stereocenters. The minimum absolute atomic E-state index is 0.00862. The van der Waals surface area contributed by atoms with Gasteiger partial charge >= 0.3 is 6.18 Å². The number of carbonyl (C=O) groups excluding carboxylic acids is 1. The summed E-state index contributed by atoms with van der Waals surface area (Å²) in [5.41, 5.74) is -0.516. The van der Waals surface area contributed by atoms with Crippen LogP contribution in [0, 0.1) is 10.8 Å². The SMILES string of the molecule is CC1(C)C(NC(=O)Cn2nc(C(F)(F)F)c3c2CCOC3)C1(C)C. The lowest BCUT2D eigenvalue weighted by atomic mass is 10.0. The Morgan fingerprint density at radius 1 is 1.33 bits per heavy atom. The van der Waals surface area contributed by atoms with E-state index in [1.54, 1.807) is 0 Å². The van der Waals surface area contributed by atoms with E-state index in [1.165, 1.54) is 4.68 Å². The van der Waals surface area contributed by atoms with Crippen molar-refractivity contribution in [1.29, 1.82) is 0 Å². The summed E-state index contributed by atoms with van der Waals surface area (Å²) in [5, 5.41) is 6.58. The van der Waals surface area contributed by atoms with E-state index in [-0.39, 0.29) is 41.5 Å². The van der Waals surface area contributed by atoms with Crippen LogP contribution in [0.4, 0.5) is 13.2 Å². The van der Waals surface area contributed by atoms with Gasteiger partial charge in [-0.05, 0) is 10.8 Å². The molecule has 2 heterocycles. The summed E-state index contributed by atoms with van der Waals surface area (Å²) in [4.78, 5) is 12.3. The molecule has 0 spiro atoms. The Bertz CT molecular complexity index is 663. The number of nitrogens with one attached hydrogen (secondary N) is 1. The van der Waals surface area contributed by atoms with Crippen LogP contribution < -0.4 is 5.32 Å². The highest BCUT2D eigenvalue weighted by molar-refractivity contribution is 5.77. The van der Waals surface area contributed by atoms with Crippen molar-refractivity contribution < 1.29 is 22.7 Å². The van der Waals surface area contributed by atoms with Crippen LogP contribution in [-0.4, -0.2) is 28.3 Å². The molecule has 0 radical (unpaired) electrons. The number of nitrogens with zero attached hydrogens (tertiary/aromatic N) is 2. The van der Waals surface area contributed by atoms with E-state index in [1.807, 2.05) is 0 Å². The monoisotopic (exact) mass is 345 g/mol. The largest absolute Gasteiger partial charge is 0.435 e. The predicted molar refractivity (Wildman–Crippen MR) is 80.1 cm³/mol. The molecule has 0 bridgehead atoms. The van der Waals surface area contributed by atoms with Gasteiger partial charge in [-0.1, -0.05) is 27.7 Å². The fourth-order valence-electron chi connectivity index (χ4n) is 3.57. The second-order valence-electron chi connectivity index (χ2n) is 7.68. The van der Waals surface area contributed by atoms with Crippen LogP contribution in [0.1, 0.15) is 44.6 Å². The highest BCUT2D eigenvalue weighted by Gasteiger charge is 2.65. The van der Waals surface area contributed by atoms with Gasteiger partial charge in [0.05, 0.1) is 13.2 Å². The Kier molecular flexibility index (Phi) is 3.75. The summed E-state index contributed by atoms with van der Waals surface area (Å²) in [6.07, 6.45) is -4.22. The van der Waals surface area contributed by atoms with Crippen LogP contribution in [0.15, 0.2) is 0 Å². The van der Waals surface area contributed by atoms with Gasteiger partial charge in [-0.3, -0.25) is 9.48 Å². The molecule has 1 aromatic heterocycles. The minimum atomic E-state index is -4.55. The summed E-state index contributed by atoms with van der Waals surface area (Å²) in [6, 6.07) is 0.00862. The molecule has 1 fully saturated rings. The number of hydrogen-bond donors (Lipinski definition) is 1. The zero-order valence-corrected chi connectivity index (χ0v) is 14.3. The fraction of sp³-hybridized carbons (Fsp3) is 0.750. The van der Waals surface area contributed by atoms with Crippen LogP contribution in [0.3, 0.4) is 0 Å². The molecule has 1 N–H and O–H groups in total. The smallest absolute Gasteiger partial charge is 0.376 e. The number of amides is 1. The molecule has 8 heteroatoms. The second kappa shape index (κ2) is 5.21. The molecule has 0 atom stereocenters. The van der Waals surface area contributed by atoms with E-state index in [9.17, 15) is 18.0 Å². The second-order valence-corrected chi connectivity index (χ2v) is 7.68. The van der Waals surface area contributed by atoms with Gasteiger partial charge in [0.1, 0.15) is 6.54 Å². The van der Waals surface area contributed by atoms with Gasteiger partial charge in [0.15, 0.2) is 5.69 Å². The van der Waals surface area contributed by atoms with Crippen LogP contribution in [-0.2, 0) is 35.3 Å². The molecule has 24 heavy (non-hydrogen) atoms. The zero-order chi connectivity index (χ0) is 17.9. The number of rotatable bonds is 3. The molecular weight excluding hydrogens is 323 g/mol. The van der Waals surface area contributed by atoms with Crippen molar-refractivity contribution in [1.82, 2.24) is 15.1 Å². The van der Waals surface area contributed by atoms with Crippen molar-refractivity contribution in [3.8, 4) is 0 Å². The molecule has 1 saturated carbocycles. The topological polar surface area (TPSA) is 56.2 Å². The van der Waals surface area contributed by atoms with Crippen molar-refractivity contribution >= 4 is 5.91 Å². The Labute approximate surface area is 138 Å². The predicted octanol–water partition coefficient (Wildman–Crippen LogP) is 2.53. The van der Waals surface area contributed by atoms with Gasteiger partial charge in [0.2, 0.25) is 5.91 Å². The number of hydrogen-bond acceptors (Lipinski definition) is 3. The number of fused-ring (bicyclic) bond motifs is 1. The van der Waals surface area contributed by atoms with Gasteiger partial charge in [-0.15, -0.1) is 0 Å². The first kappa shape index (κ1) is 17.3. The van der Waals surface area contributed by atoms with E-state index < -0.39 is 11.9 Å². The van der Waals surface area contributed by atoms with Crippen LogP contribution in [0.25, 0.3) is 0 Å². The first-order valence-corrected chi connectivity index (χ1v) is 7.99. The summed E-state index contributed by atoms with van der Waals surface area (Å²) >= 11 is 0. The van der Waals surface area contributed by atoms with Gasteiger partial charge < -0.3 is 10.1 Å². The van der Waals surface area contributed by atoms with Crippen molar-refractivity contribution in [3.05, 3.63) is 17.0 Å². The van der Waals surface area contributed by atoms with Gasteiger partial charge in [0, 0.05) is 23.7 Å². The first-order chi connectivity index (χ1) is 11.0. The number of carbonyl (C=O) groups is 1.